The molecule has 32 heavy (non-hydrogen) atoms. The zero-order chi connectivity index (χ0) is 23.2. The molecule has 1 amide bonds. The third kappa shape index (κ3) is 3.88. The van der Waals surface area contributed by atoms with Crippen LogP contribution in [0.3, 0.4) is 0 Å². The van der Waals surface area contributed by atoms with E-state index in [0.717, 1.165) is 5.69 Å². The van der Waals surface area contributed by atoms with Crippen LogP contribution in [0.1, 0.15) is 50.1 Å². The van der Waals surface area contributed by atoms with Gasteiger partial charge in [-0.1, -0.05) is 24.8 Å². The summed E-state index contributed by atoms with van der Waals surface area (Å²) in [6.45, 7) is 6.66. The van der Waals surface area contributed by atoms with Crippen LogP contribution in [0.2, 0.25) is 0 Å². The molecule has 2 aromatic rings. The zero-order valence-corrected chi connectivity index (χ0v) is 18.8. The Morgan fingerprint density at radius 3 is 2.50 bits per heavy atom. The van der Waals surface area contributed by atoms with Gasteiger partial charge in [-0.2, -0.15) is 0 Å². The second-order valence-corrected chi connectivity index (χ2v) is 10.4. The highest BCUT2D eigenvalue weighted by molar-refractivity contribution is 7.91. The van der Waals surface area contributed by atoms with Gasteiger partial charge < -0.3 is 9.30 Å². The Labute approximate surface area is 186 Å². The van der Waals surface area contributed by atoms with Crippen molar-refractivity contribution in [3.8, 4) is 0 Å². The molecular formula is C23H24N2O6S. The van der Waals surface area contributed by atoms with Crippen LogP contribution in [0.25, 0.3) is 5.70 Å². The second-order valence-electron chi connectivity index (χ2n) is 8.18. The Bertz CT molecular complexity index is 1220. The Hall–Kier alpha value is -3.20. The molecule has 1 unspecified atom stereocenters. The number of hydrogen-bond donors (Lipinski definition) is 0. The van der Waals surface area contributed by atoms with Gasteiger partial charge in [0, 0.05) is 39.8 Å². The van der Waals surface area contributed by atoms with E-state index in [2.05, 4.69) is 6.58 Å². The van der Waals surface area contributed by atoms with Crippen molar-refractivity contribution in [1.29, 1.82) is 0 Å². The minimum atomic E-state index is -3.06. The lowest BCUT2D eigenvalue weighted by Gasteiger charge is -2.17. The van der Waals surface area contributed by atoms with Crippen molar-refractivity contribution in [1.82, 2.24) is 9.47 Å². The number of hydrogen-bond acceptors (Lipinski definition) is 6. The number of Topliss-reactive ketones (excluding diaryl/α,β-unsaturated/α-hetero) is 1. The molecule has 0 radical (unpaired) electrons. The number of ketones is 1. The molecular weight excluding hydrogens is 432 g/mol. The van der Waals surface area contributed by atoms with E-state index in [9.17, 15) is 22.8 Å². The summed E-state index contributed by atoms with van der Waals surface area (Å²) in [4.78, 5) is 38.8. The van der Waals surface area contributed by atoms with Crippen molar-refractivity contribution in [2.45, 2.75) is 26.3 Å². The van der Waals surface area contributed by atoms with E-state index in [0.29, 0.717) is 34.5 Å². The first-order valence-corrected chi connectivity index (χ1v) is 12.1. The number of ether oxygens (including phenoxy) is 1. The van der Waals surface area contributed by atoms with Gasteiger partial charge in [0.25, 0.3) is 5.91 Å². The SMILES string of the molecule is C=C1c2ccccc2C(=O)N1CC(=O)OCC(=O)c1cc(C)n(C2CCS(=O)(=O)C2)c1C. The summed E-state index contributed by atoms with van der Waals surface area (Å²) in [5.41, 5.74) is 3.41. The Kier molecular flexibility index (Phi) is 5.54. The molecule has 1 atom stereocenters. The van der Waals surface area contributed by atoms with Crippen LogP contribution in [-0.4, -0.2) is 60.2 Å². The molecule has 2 aliphatic heterocycles. The maximum absolute atomic E-state index is 12.7. The molecule has 1 saturated heterocycles. The molecule has 0 N–H and O–H groups in total. The van der Waals surface area contributed by atoms with Crippen LogP contribution in [0.4, 0.5) is 0 Å². The number of carbonyl (C=O) groups is 3. The first kappa shape index (κ1) is 22.0. The Morgan fingerprint density at radius 1 is 1.19 bits per heavy atom. The highest BCUT2D eigenvalue weighted by Gasteiger charge is 2.33. The topological polar surface area (TPSA) is 103 Å². The fourth-order valence-corrected chi connectivity index (χ4v) is 6.20. The summed E-state index contributed by atoms with van der Waals surface area (Å²) in [6.07, 6.45) is 0.511. The number of esters is 1. The number of carbonyl (C=O) groups excluding carboxylic acids is 3. The smallest absolute Gasteiger partial charge is 0.326 e. The van der Waals surface area contributed by atoms with Crippen LogP contribution < -0.4 is 0 Å². The number of aryl methyl sites for hydroxylation is 1. The molecule has 1 fully saturated rings. The number of nitrogens with zero attached hydrogens (tertiary/aromatic N) is 2. The average molecular weight is 457 g/mol. The number of fused-ring (bicyclic) bond motifs is 1. The normalized spacial score (nSPS) is 19.3. The summed E-state index contributed by atoms with van der Waals surface area (Å²) >= 11 is 0. The quantitative estimate of drug-likeness (QED) is 0.488. The molecule has 1 aromatic carbocycles. The monoisotopic (exact) mass is 456 g/mol. The Morgan fingerprint density at radius 2 is 1.88 bits per heavy atom. The first-order valence-electron chi connectivity index (χ1n) is 10.3. The second kappa shape index (κ2) is 8.05. The van der Waals surface area contributed by atoms with Crippen molar-refractivity contribution in [3.63, 3.8) is 0 Å². The fourth-order valence-electron chi connectivity index (χ4n) is 4.50. The lowest BCUT2D eigenvalue weighted by atomic mass is 10.1. The van der Waals surface area contributed by atoms with E-state index in [4.69, 9.17) is 4.74 Å². The molecule has 4 rings (SSSR count). The standard InChI is InChI=1S/C23H24N2O6S/c1-14-10-20(16(3)25(14)17-8-9-32(29,30)13-17)21(26)12-31-22(27)11-24-15(2)18-6-4-5-7-19(18)23(24)28/h4-7,10,17H,2,8-9,11-13H2,1,3H3. The van der Waals surface area contributed by atoms with E-state index in [1.165, 1.54) is 4.90 Å². The number of amides is 1. The fraction of sp³-hybridized carbons (Fsp3) is 0.348. The van der Waals surface area contributed by atoms with Gasteiger partial charge in [0.1, 0.15) is 6.54 Å². The lowest BCUT2D eigenvalue weighted by molar-refractivity contribution is -0.142. The Balaban J connectivity index is 1.39. The highest BCUT2D eigenvalue weighted by atomic mass is 32.2. The largest absolute Gasteiger partial charge is 0.456 e. The van der Waals surface area contributed by atoms with Crippen molar-refractivity contribution in [2.75, 3.05) is 24.7 Å². The van der Waals surface area contributed by atoms with Gasteiger partial charge in [-0.05, 0) is 32.4 Å². The minimum absolute atomic E-state index is 0.0577. The van der Waals surface area contributed by atoms with E-state index in [1.54, 1.807) is 37.3 Å². The molecule has 8 nitrogen and oxygen atoms in total. The maximum Gasteiger partial charge on any atom is 0.326 e. The van der Waals surface area contributed by atoms with E-state index < -0.39 is 22.4 Å². The van der Waals surface area contributed by atoms with Gasteiger partial charge in [-0.3, -0.25) is 19.3 Å². The molecule has 0 aliphatic carbocycles. The maximum atomic E-state index is 12.7. The van der Waals surface area contributed by atoms with Crippen molar-refractivity contribution < 1.29 is 27.5 Å². The molecule has 3 heterocycles. The van der Waals surface area contributed by atoms with Crippen LogP contribution in [-0.2, 0) is 19.4 Å². The van der Waals surface area contributed by atoms with Crippen molar-refractivity contribution in [2.24, 2.45) is 0 Å². The third-order valence-corrected chi connectivity index (χ3v) is 7.80. The molecule has 0 bridgehead atoms. The predicted molar refractivity (Wildman–Crippen MR) is 118 cm³/mol. The lowest BCUT2D eigenvalue weighted by Crippen LogP contribution is -2.31. The summed E-state index contributed by atoms with van der Waals surface area (Å²) in [5.74, 6) is -1.23. The number of benzene rings is 1. The van der Waals surface area contributed by atoms with E-state index in [-0.39, 0.29) is 35.8 Å². The van der Waals surface area contributed by atoms with Crippen LogP contribution >= 0.6 is 0 Å². The van der Waals surface area contributed by atoms with Crippen molar-refractivity contribution in [3.05, 3.63) is 65.0 Å². The zero-order valence-electron chi connectivity index (χ0n) is 18.0. The number of aromatic nitrogens is 1. The van der Waals surface area contributed by atoms with Gasteiger partial charge in [-0.15, -0.1) is 0 Å². The van der Waals surface area contributed by atoms with Crippen LogP contribution in [0, 0.1) is 13.8 Å². The average Bonchev–Trinajstić information content (AvgIpc) is 3.33. The molecule has 2 aliphatic rings. The van der Waals surface area contributed by atoms with Gasteiger partial charge in [0.05, 0.1) is 11.5 Å². The highest BCUT2D eigenvalue weighted by Crippen LogP contribution is 2.31. The summed E-state index contributed by atoms with van der Waals surface area (Å²) < 4.78 is 30.7. The van der Waals surface area contributed by atoms with E-state index in [1.807, 2.05) is 11.5 Å². The first-order chi connectivity index (χ1) is 15.1. The summed E-state index contributed by atoms with van der Waals surface area (Å²) in [6, 6.07) is 8.45. The van der Waals surface area contributed by atoms with Gasteiger partial charge in [0.2, 0.25) is 5.78 Å². The number of sulfone groups is 1. The predicted octanol–water partition coefficient (Wildman–Crippen LogP) is 2.32. The number of rotatable bonds is 6. The summed E-state index contributed by atoms with van der Waals surface area (Å²) in [5, 5.41) is 0. The molecule has 168 valence electrons. The molecule has 9 heteroatoms. The van der Waals surface area contributed by atoms with Gasteiger partial charge >= 0.3 is 5.97 Å². The van der Waals surface area contributed by atoms with Crippen LogP contribution in [0.5, 0.6) is 0 Å². The summed E-state index contributed by atoms with van der Waals surface area (Å²) in [7, 11) is -3.06. The van der Waals surface area contributed by atoms with E-state index >= 15 is 0 Å². The van der Waals surface area contributed by atoms with Crippen LogP contribution in [0.15, 0.2) is 36.9 Å². The third-order valence-electron chi connectivity index (χ3n) is 6.05. The van der Waals surface area contributed by atoms with Gasteiger partial charge in [0.15, 0.2) is 16.4 Å². The minimum Gasteiger partial charge on any atom is -0.456 e. The molecule has 0 saturated carbocycles. The molecule has 0 spiro atoms. The van der Waals surface area contributed by atoms with Gasteiger partial charge in [-0.25, -0.2) is 8.42 Å². The van der Waals surface area contributed by atoms with Crippen molar-refractivity contribution >= 4 is 33.2 Å². The molecule has 1 aromatic heterocycles.